The SMILES string of the molecule is COc1ccc(F)c(CN2C[C@@H]3[C@H](CO)[C@H]4CN(Cc5cncs5)C[C@]3(C2)O4)c1. The van der Waals surface area contributed by atoms with Gasteiger partial charge in [-0.05, 0) is 18.2 Å². The van der Waals surface area contributed by atoms with E-state index in [0.29, 0.717) is 17.9 Å². The number of ether oxygens (including phenoxy) is 2. The zero-order valence-electron chi connectivity index (χ0n) is 16.5. The topological polar surface area (TPSA) is 58.1 Å². The van der Waals surface area contributed by atoms with Crippen LogP contribution in [0.15, 0.2) is 29.9 Å². The first-order valence-corrected chi connectivity index (χ1v) is 10.9. The van der Waals surface area contributed by atoms with Crippen LogP contribution in [0.3, 0.4) is 0 Å². The van der Waals surface area contributed by atoms with Gasteiger partial charge >= 0.3 is 0 Å². The van der Waals surface area contributed by atoms with Crippen LogP contribution in [0.25, 0.3) is 0 Å². The van der Waals surface area contributed by atoms with E-state index in [4.69, 9.17) is 9.47 Å². The minimum absolute atomic E-state index is 0.0578. The second kappa shape index (κ2) is 7.59. The Hall–Kier alpha value is -1.58. The molecule has 0 aliphatic carbocycles. The van der Waals surface area contributed by atoms with Crippen LogP contribution in [0.1, 0.15) is 10.4 Å². The molecule has 2 bridgehead atoms. The molecule has 4 heterocycles. The number of halogens is 1. The monoisotopic (exact) mass is 419 g/mol. The molecule has 0 unspecified atom stereocenters. The van der Waals surface area contributed by atoms with Crippen LogP contribution in [0.5, 0.6) is 5.75 Å². The average molecular weight is 420 g/mol. The predicted molar refractivity (Wildman–Crippen MR) is 107 cm³/mol. The van der Waals surface area contributed by atoms with Crippen LogP contribution in [0.4, 0.5) is 4.39 Å². The molecule has 0 amide bonds. The van der Waals surface area contributed by atoms with E-state index in [2.05, 4.69) is 14.8 Å². The largest absolute Gasteiger partial charge is 0.497 e. The third-order valence-corrected chi connectivity index (χ3v) is 7.42. The number of hydrogen-bond acceptors (Lipinski definition) is 7. The summed E-state index contributed by atoms with van der Waals surface area (Å²) in [6.07, 6.45) is 1.98. The number of morpholine rings is 1. The molecule has 3 fully saturated rings. The molecule has 156 valence electrons. The van der Waals surface area contributed by atoms with Crippen LogP contribution >= 0.6 is 11.3 Å². The normalized spacial score (nSPS) is 31.9. The van der Waals surface area contributed by atoms with Crippen LogP contribution in [-0.4, -0.2) is 71.5 Å². The van der Waals surface area contributed by atoms with Gasteiger partial charge in [-0.3, -0.25) is 14.8 Å². The van der Waals surface area contributed by atoms with Crippen molar-refractivity contribution in [3.8, 4) is 5.75 Å². The summed E-state index contributed by atoms with van der Waals surface area (Å²) in [6, 6.07) is 4.87. The number of aliphatic hydroxyl groups excluding tert-OH is 1. The fraction of sp³-hybridized carbons (Fsp3) is 0.571. The standard InChI is InChI=1S/C21H26FN3O3S/c1-27-15-2-3-19(22)14(4-15)6-24-8-18-17(10-26)20-9-25(7-16-5-23-13-29-16)12-21(18,11-24)28-20/h2-5,13,17-18,20,26H,6-12H2,1H3/t17-,18+,20+,21-/m0/s1. The third-order valence-electron chi connectivity index (χ3n) is 6.65. The van der Waals surface area contributed by atoms with E-state index >= 15 is 0 Å². The minimum atomic E-state index is -0.295. The molecule has 3 saturated heterocycles. The lowest BCUT2D eigenvalue weighted by molar-refractivity contribution is -0.119. The summed E-state index contributed by atoms with van der Waals surface area (Å²) >= 11 is 1.67. The van der Waals surface area contributed by atoms with Gasteiger partial charge in [0.2, 0.25) is 0 Å². The molecule has 1 N–H and O–H groups in total. The number of benzene rings is 1. The fourth-order valence-electron chi connectivity index (χ4n) is 5.44. The van der Waals surface area contributed by atoms with Gasteiger partial charge in [0.1, 0.15) is 11.6 Å². The quantitative estimate of drug-likeness (QED) is 0.773. The Morgan fingerprint density at radius 3 is 2.86 bits per heavy atom. The van der Waals surface area contributed by atoms with Crippen molar-refractivity contribution in [2.75, 3.05) is 39.9 Å². The summed E-state index contributed by atoms with van der Waals surface area (Å²) in [5.74, 6) is 0.837. The lowest BCUT2D eigenvalue weighted by Crippen LogP contribution is -2.53. The maximum atomic E-state index is 14.4. The molecule has 1 spiro atoms. The molecule has 8 heteroatoms. The Morgan fingerprint density at radius 2 is 2.14 bits per heavy atom. The van der Waals surface area contributed by atoms with Gasteiger partial charge in [0.15, 0.2) is 0 Å². The Labute approximate surface area is 173 Å². The van der Waals surface area contributed by atoms with E-state index in [9.17, 15) is 9.50 Å². The smallest absolute Gasteiger partial charge is 0.127 e. The molecule has 2 aromatic rings. The highest BCUT2D eigenvalue weighted by Gasteiger charge is 2.62. The number of nitrogens with zero attached hydrogens (tertiary/aromatic N) is 3. The van der Waals surface area contributed by atoms with Crippen molar-refractivity contribution >= 4 is 11.3 Å². The lowest BCUT2D eigenvalue weighted by Gasteiger charge is -2.40. The molecule has 6 nitrogen and oxygen atoms in total. The maximum absolute atomic E-state index is 14.4. The zero-order valence-corrected chi connectivity index (χ0v) is 17.3. The zero-order chi connectivity index (χ0) is 20.0. The highest BCUT2D eigenvalue weighted by molar-refractivity contribution is 7.09. The third kappa shape index (κ3) is 3.47. The van der Waals surface area contributed by atoms with Gasteiger partial charge in [-0.15, -0.1) is 11.3 Å². The first-order chi connectivity index (χ1) is 14.1. The van der Waals surface area contributed by atoms with Crippen molar-refractivity contribution in [1.82, 2.24) is 14.8 Å². The number of likely N-dealkylation sites (tertiary alicyclic amines) is 2. The van der Waals surface area contributed by atoms with Crippen LogP contribution in [0, 0.1) is 17.7 Å². The summed E-state index contributed by atoms with van der Waals surface area (Å²) in [5.41, 5.74) is 2.20. The first-order valence-electron chi connectivity index (χ1n) is 10.0. The molecule has 5 rings (SSSR count). The van der Waals surface area contributed by atoms with Gasteiger partial charge < -0.3 is 14.6 Å². The molecule has 4 atom stereocenters. The summed E-state index contributed by atoms with van der Waals surface area (Å²) in [4.78, 5) is 10.1. The van der Waals surface area contributed by atoms with Crippen molar-refractivity contribution in [3.63, 3.8) is 0 Å². The fourth-order valence-corrected chi connectivity index (χ4v) is 6.08. The molecule has 0 saturated carbocycles. The van der Waals surface area contributed by atoms with Crippen LogP contribution < -0.4 is 4.74 Å². The molecular formula is C21H26FN3O3S. The van der Waals surface area contributed by atoms with Gasteiger partial charge in [-0.25, -0.2) is 4.39 Å². The Kier molecular flexibility index (Phi) is 5.08. The number of hydrogen-bond donors (Lipinski definition) is 1. The van der Waals surface area contributed by atoms with Crippen molar-refractivity contribution in [3.05, 3.63) is 46.2 Å². The van der Waals surface area contributed by atoms with E-state index in [1.54, 1.807) is 30.6 Å². The Bertz CT molecular complexity index is 867. The number of aromatic nitrogens is 1. The van der Waals surface area contributed by atoms with Crippen molar-refractivity contribution in [2.24, 2.45) is 11.8 Å². The molecular weight excluding hydrogens is 393 g/mol. The van der Waals surface area contributed by atoms with E-state index in [1.807, 2.05) is 11.7 Å². The van der Waals surface area contributed by atoms with Crippen molar-refractivity contribution in [1.29, 1.82) is 0 Å². The number of methoxy groups -OCH3 is 1. The van der Waals surface area contributed by atoms with Crippen LogP contribution in [0.2, 0.25) is 0 Å². The molecule has 0 radical (unpaired) electrons. The second-order valence-corrected chi connectivity index (χ2v) is 9.41. The van der Waals surface area contributed by atoms with Crippen LogP contribution in [-0.2, 0) is 17.8 Å². The van der Waals surface area contributed by atoms with E-state index in [1.165, 1.54) is 10.9 Å². The first kappa shape index (κ1) is 19.4. The number of fused-ring (bicyclic) bond motifs is 1. The maximum Gasteiger partial charge on any atom is 0.127 e. The molecule has 3 aliphatic heterocycles. The molecule has 3 aliphatic rings. The second-order valence-electron chi connectivity index (χ2n) is 8.44. The summed E-state index contributed by atoms with van der Waals surface area (Å²) in [6.45, 7) is 4.75. The van der Waals surface area contributed by atoms with Gasteiger partial charge in [0, 0.05) is 74.3 Å². The molecule has 29 heavy (non-hydrogen) atoms. The lowest BCUT2D eigenvalue weighted by atomic mass is 9.83. The van der Waals surface area contributed by atoms with E-state index in [-0.39, 0.29) is 36.0 Å². The number of rotatable bonds is 6. The van der Waals surface area contributed by atoms with Crippen molar-refractivity contribution < 1.29 is 19.0 Å². The number of aliphatic hydroxyl groups is 1. The Morgan fingerprint density at radius 1 is 1.31 bits per heavy atom. The van der Waals surface area contributed by atoms with E-state index < -0.39 is 0 Å². The van der Waals surface area contributed by atoms with Gasteiger partial charge in [-0.1, -0.05) is 0 Å². The average Bonchev–Trinajstić information content (AvgIpc) is 3.37. The Balaban J connectivity index is 1.35. The van der Waals surface area contributed by atoms with E-state index in [0.717, 1.165) is 32.7 Å². The summed E-state index contributed by atoms with van der Waals surface area (Å²) in [7, 11) is 1.59. The van der Waals surface area contributed by atoms with Gasteiger partial charge in [-0.2, -0.15) is 0 Å². The summed E-state index contributed by atoms with van der Waals surface area (Å²) < 4.78 is 26.1. The summed E-state index contributed by atoms with van der Waals surface area (Å²) in [5, 5.41) is 10.1. The molecule has 1 aromatic heterocycles. The number of thiazole rings is 1. The minimum Gasteiger partial charge on any atom is -0.497 e. The van der Waals surface area contributed by atoms with Gasteiger partial charge in [0.05, 0.1) is 24.3 Å². The highest BCUT2D eigenvalue weighted by atomic mass is 32.1. The highest BCUT2D eigenvalue weighted by Crippen LogP contribution is 2.49. The predicted octanol–water partition coefficient (Wildman–Crippen LogP) is 1.98. The molecule has 1 aromatic carbocycles. The van der Waals surface area contributed by atoms with Crippen molar-refractivity contribution in [2.45, 2.75) is 24.8 Å². The van der Waals surface area contributed by atoms with Gasteiger partial charge in [0.25, 0.3) is 0 Å².